The summed E-state index contributed by atoms with van der Waals surface area (Å²) in [7, 11) is -1.76. The number of nitrogens with zero attached hydrogens (tertiary/aromatic N) is 4. The summed E-state index contributed by atoms with van der Waals surface area (Å²) in [4.78, 5) is 0. The predicted octanol–water partition coefficient (Wildman–Crippen LogP) is 33.7. The number of hydrogen-bond donors (Lipinski definition) is 0. The van der Waals surface area contributed by atoms with Gasteiger partial charge in [0.2, 0.25) is 0 Å². The van der Waals surface area contributed by atoms with Crippen LogP contribution in [0.15, 0.2) is 231 Å². The zero-order valence-corrected chi connectivity index (χ0v) is 94.5. The van der Waals surface area contributed by atoms with Crippen molar-refractivity contribution in [1.29, 1.82) is 0 Å². The van der Waals surface area contributed by atoms with Gasteiger partial charge in [-0.05, 0) is 361 Å². The van der Waals surface area contributed by atoms with Crippen LogP contribution in [-0.4, -0.2) is 91.6 Å². The van der Waals surface area contributed by atoms with Gasteiger partial charge in [-0.15, -0.1) is 0 Å². The van der Waals surface area contributed by atoms with Gasteiger partial charge in [0, 0.05) is 65.8 Å². The molecule has 4 saturated heterocycles. The molecule has 12 nitrogen and oxygen atoms in total. The SMILES string of the molecule is CCCCCCc1cc(-n2c3ccccc3c3c4ccccc4c(B4OC(C)(C)C(C)(C)O4)cc32)c(CCCCCC)cc1-n1c2ccccc2c2cc(B3OC(C)(C)C(C)(C)O3)ccc21.CCCCCCc1cc(-n2c3ccccc3c3cc(-c4ccc5c(c4)c4c6ccccc6ccc4n5-c4cc(CCCCCC)c(B5OC(C)(C)C(C)(C)O5)cc4CCCCCC)ccc32)c(CCCCCC)cc1B1OC(C)(C)C(C)(C)O1. The van der Waals surface area contributed by atoms with Gasteiger partial charge in [-0.1, -0.05) is 303 Å². The highest BCUT2D eigenvalue weighted by molar-refractivity contribution is 6.66. The number of aromatic nitrogens is 4. The number of benzene rings is 13. The van der Waals surface area contributed by atoms with Crippen molar-refractivity contribution in [2.24, 2.45) is 0 Å². The quantitative estimate of drug-likeness (QED) is 0.0278. The molecule has 150 heavy (non-hydrogen) atoms. The third-order valence-corrected chi connectivity index (χ3v) is 35.8. The fraction of sp³-hybridized carbons (Fsp3) is 0.448. The zero-order valence-electron chi connectivity index (χ0n) is 94.5. The van der Waals surface area contributed by atoms with Gasteiger partial charge >= 0.3 is 28.5 Å². The van der Waals surface area contributed by atoms with E-state index >= 15 is 0 Å². The maximum Gasteiger partial charge on any atom is 0.495 e. The summed E-state index contributed by atoms with van der Waals surface area (Å²) in [6.45, 7) is 48.4. The average molecular weight is 2000 g/mol. The molecule has 4 aliphatic rings. The zero-order chi connectivity index (χ0) is 105. The Balaban J connectivity index is 0.000000186. The van der Waals surface area contributed by atoms with Crippen molar-refractivity contribution >= 4 is 159 Å². The van der Waals surface area contributed by atoms with E-state index in [1.54, 1.807) is 0 Å². The minimum Gasteiger partial charge on any atom is -0.399 e. The first-order chi connectivity index (χ1) is 72.1. The molecule has 0 unspecified atom stereocenters. The highest BCUT2D eigenvalue weighted by Crippen LogP contribution is 2.49. The van der Waals surface area contributed by atoms with Crippen molar-refractivity contribution in [3.05, 3.63) is 264 Å². The first-order valence-electron chi connectivity index (χ1n) is 58.0. The molecule has 0 spiro atoms. The van der Waals surface area contributed by atoms with Gasteiger partial charge in [0.1, 0.15) is 0 Å². The van der Waals surface area contributed by atoms with E-state index in [0.717, 1.165) is 88.0 Å². The second-order valence-electron chi connectivity index (χ2n) is 48.4. The molecule has 17 aromatic rings. The Morgan fingerprint density at radius 1 is 0.193 bits per heavy atom. The fourth-order valence-electron chi connectivity index (χ4n) is 24.3. The van der Waals surface area contributed by atoms with Crippen molar-refractivity contribution < 1.29 is 37.2 Å². The van der Waals surface area contributed by atoms with Crippen LogP contribution in [0.25, 0.3) is 143 Å². The van der Waals surface area contributed by atoms with Crippen molar-refractivity contribution in [2.75, 3.05) is 0 Å². The molecule has 0 amide bonds. The molecule has 0 saturated carbocycles. The van der Waals surface area contributed by atoms with Crippen molar-refractivity contribution in [2.45, 2.75) is 390 Å². The second-order valence-corrected chi connectivity index (χ2v) is 48.4. The molecule has 13 aromatic carbocycles. The fourth-order valence-corrected chi connectivity index (χ4v) is 24.3. The first-order valence-corrected chi connectivity index (χ1v) is 58.0. The number of rotatable bonds is 39. The van der Waals surface area contributed by atoms with E-state index in [1.807, 2.05) is 0 Å². The van der Waals surface area contributed by atoms with Crippen LogP contribution in [0.3, 0.4) is 0 Å². The highest BCUT2D eigenvalue weighted by Gasteiger charge is 2.56. The Morgan fingerprint density at radius 2 is 0.473 bits per heavy atom. The second kappa shape index (κ2) is 43.5. The molecule has 0 N–H and O–H groups in total. The van der Waals surface area contributed by atoms with Crippen molar-refractivity contribution in [3.63, 3.8) is 0 Å². The molecule has 4 aliphatic heterocycles. The summed E-state index contributed by atoms with van der Waals surface area (Å²) in [6, 6.07) is 88.7. The molecule has 0 aliphatic carbocycles. The Bertz CT molecular complexity index is 7770. The van der Waals surface area contributed by atoms with E-state index in [-0.39, 0.29) is 0 Å². The average Bonchev–Trinajstić information content (AvgIpc) is 1.55. The van der Waals surface area contributed by atoms with Gasteiger partial charge in [0.05, 0.1) is 88.9 Å². The first kappa shape index (κ1) is 107. The van der Waals surface area contributed by atoms with Crippen LogP contribution in [0, 0.1) is 0 Å². The molecule has 4 fully saturated rings. The van der Waals surface area contributed by atoms with Crippen molar-refractivity contribution in [3.8, 4) is 33.9 Å². The monoisotopic (exact) mass is 2000 g/mol. The molecular formula is C134H164B4N4O8. The third-order valence-electron chi connectivity index (χ3n) is 35.8. The van der Waals surface area contributed by atoms with Gasteiger partial charge < -0.3 is 55.5 Å². The molecule has 16 heteroatoms. The summed E-state index contributed by atoms with van der Waals surface area (Å²) in [5, 5.41) is 15.0. The van der Waals surface area contributed by atoms with Crippen molar-refractivity contribution in [1.82, 2.24) is 18.3 Å². The topological polar surface area (TPSA) is 93.6 Å². The minimum atomic E-state index is -0.499. The number of fused-ring (bicyclic) bond motifs is 16. The Hall–Kier alpha value is -10.5. The Morgan fingerprint density at radius 3 is 0.887 bits per heavy atom. The third kappa shape index (κ3) is 20.2. The lowest BCUT2D eigenvalue weighted by atomic mass is 9.73. The lowest BCUT2D eigenvalue weighted by Crippen LogP contribution is -2.41. The van der Waals surface area contributed by atoms with Crippen LogP contribution < -0.4 is 21.9 Å². The van der Waals surface area contributed by atoms with Crippen LogP contribution in [-0.2, 0) is 75.8 Å². The van der Waals surface area contributed by atoms with Crippen LogP contribution in [0.5, 0.6) is 0 Å². The summed E-state index contributed by atoms with van der Waals surface area (Å²) in [5.74, 6) is 0. The number of hydrogen-bond acceptors (Lipinski definition) is 8. The largest absolute Gasteiger partial charge is 0.495 e. The van der Waals surface area contributed by atoms with E-state index in [9.17, 15) is 0 Å². The van der Waals surface area contributed by atoms with Gasteiger partial charge in [-0.2, -0.15) is 0 Å². The molecule has 0 radical (unpaired) electrons. The standard InChI is InChI=1S/C76H96B2N2O4.C58H68B2N2O4/c1-13-17-21-25-34-56-51-70(58(36-27-23-19-15-3)49-64(56)77-81-73(5,6)74(7,8)82-77)79-66-40-32-31-39-61(66)62-47-54(42-44-67(62)79)55-43-45-68-63(48-55)72-60-38-30-29-33-53(60)41-46-69(72)80(68)71-52-57(35-26-22-18-14-2)65(50-59(71)37-28-24-20-16-4)78-83-75(9,10)76(11,12)84-78;1-11-13-15-17-25-39-36-52(62-49-32-24-22-30-45(49)54-44-29-20-19-27-42(44)47(38-53(54)62)60-65-57(7,8)58(9,10)66-60)40(26-18-16-14-12-2)35-51(39)61-48-31-23-21-28-43(48)46-37-41(33-34-50(46)61)59-63-55(3,4)56(5,6)64-59/h29-33,38-52H,13-28,34-37H2,1-12H3;19-24,27-38H,11-18,25-26H2,1-10H3. The maximum absolute atomic E-state index is 6.91. The van der Waals surface area contributed by atoms with E-state index in [0.29, 0.717) is 0 Å². The van der Waals surface area contributed by atoms with Gasteiger partial charge in [-0.3, -0.25) is 0 Å². The smallest absolute Gasteiger partial charge is 0.399 e. The van der Waals surface area contributed by atoms with E-state index in [1.165, 1.54) is 303 Å². The number of unbranched alkanes of at least 4 members (excludes halogenated alkanes) is 18. The van der Waals surface area contributed by atoms with Crippen LogP contribution in [0.2, 0.25) is 0 Å². The lowest BCUT2D eigenvalue weighted by molar-refractivity contribution is 0.00578. The molecule has 780 valence electrons. The molecular weight excluding hydrogens is 1840 g/mol. The Kier molecular flexibility index (Phi) is 30.9. The molecule has 0 bridgehead atoms. The van der Waals surface area contributed by atoms with E-state index in [4.69, 9.17) is 37.2 Å². The van der Waals surface area contributed by atoms with Crippen LogP contribution >= 0.6 is 0 Å². The summed E-state index contributed by atoms with van der Waals surface area (Å²) >= 11 is 0. The molecule has 4 aromatic heterocycles. The summed E-state index contributed by atoms with van der Waals surface area (Å²) in [5.41, 5.74) is 26.5. The molecule has 8 heterocycles. The van der Waals surface area contributed by atoms with Crippen LogP contribution in [0.1, 0.15) is 340 Å². The maximum atomic E-state index is 6.91. The lowest BCUT2D eigenvalue weighted by Gasteiger charge is -2.32. The normalized spacial score (nSPS) is 17.0. The highest BCUT2D eigenvalue weighted by atomic mass is 16.7. The number of aryl methyl sites for hydroxylation is 6. The van der Waals surface area contributed by atoms with Gasteiger partial charge in [0.15, 0.2) is 0 Å². The van der Waals surface area contributed by atoms with Crippen LogP contribution in [0.4, 0.5) is 0 Å². The summed E-state index contributed by atoms with van der Waals surface area (Å²) < 4.78 is 64.8. The Labute approximate surface area is 896 Å². The predicted molar refractivity (Wildman–Crippen MR) is 641 cm³/mol. The van der Waals surface area contributed by atoms with E-state index in [2.05, 4.69) is 401 Å². The van der Waals surface area contributed by atoms with E-state index < -0.39 is 73.3 Å². The molecule has 21 rings (SSSR count). The van der Waals surface area contributed by atoms with Gasteiger partial charge in [-0.25, -0.2) is 0 Å². The number of para-hydroxylation sites is 3. The van der Waals surface area contributed by atoms with Gasteiger partial charge in [0.25, 0.3) is 0 Å². The summed E-state index contributed by atoms with van der Waals surface area (Å²) in [6.07, 6.45) is 34.6. The minimum absolute atomic E-state index is 0.409. The molecule has 0 atom stereocenters.